The molecule has 0 bridgehead atoms. The number of ether oxygens (including phenoxy) is 1. The lowest BCUT2D eigenvalue weighted by Gasteiger charge is -2.05. The first-order valence-corrected chi connectivity index (χ1v) is 5.94. The summed E-state index contributed by atoms with van der Waals surface area (Å²) in [5.74, 6) is -0.190. The number of carboxylic acid groups (broad SMARTS) is 1. The van der Waals surface area contributed by atoms with Crippen molar-refractivity contribution in [1.82, 2.24) is 4.98 Å². The number of oxazole rings is 1. The molecule has 0 spiro atoms. The number of benzene rings is 1. The van der Waals surface area contributed by atoms with Gasteiger partial charge in [0.05, 0.1) is 12.8 Å². The number of hydrogen-bond acceptors (Lipinski definition) is 4. The monoisotopic (exact) mass is 261 g/mol. The highest BCUT2D eigenvalue weighted by molar-refractivity contribution is 5.86. The number of carbonyl (C=O) groups is 1. The van der Waals surface area contributed by atoms with Crippen LogP contribution >= 0.6 is 0 Å². The Morgan fingerprint density at radius 2 is 2.21 bits per heavy atom. The Hall–Kier alpha value is -2.30. The fourth-order valence-corrected chi connectivity index (χ4v) is 1.83. The van der Waals surface area contributed by atoms with E-state index < -0.39 is 5.97 Å². The van der Waals surface area contributed by atoms with E-state index >= 15 is 0 Å². The molecule has 5 nitrogen and oxygen atoms in total. The predicted molar refractivity (Wildman–Crippen MR) is 69.6 cm³/mol. The number of methoxy groups -OCH3 is 1. The molecule has 2 aromatic rings. The Bertz CT molecular complexity index is 616. The summed E-state index contributed by atoms with van der Waals surface area (Å²) in [6.07, 6.45) is 0.508. The van der Waals surface area contributed by atoms with E-state index in [4.69, 9.17) is 14.3 Å². The van der Waals surface area contributed by atoms with Crippen LogP contribution in [0.5, 0.6) is 5.75 Å². The summed E-state index contributed by atoms with van der Waals surface area (Å²) < 4.78 is 10.6. The number of nitrogens with zero attached hydrogens (tertiary/aromatic N) is 1. The van der Waals surface area contributed by atoms with Gasteiger partial charge in [-0.15, -0.1) is 0 Å². The first-order chi connectivity index (χ1) is 9.06. The molecule has 0 aliphatic rings. The molecule has 0 fully saturated rings. The summed E-state index contributed by atoms with van der Waals surface area (Å²) in [6, 6.07) is 5.49. The fraction of sp³-hybridized carbons (Fsp3) is 0.286. The molecule has 1 N–H and O–H groups in total. The van der Waals surface area contributed by atoms with Crippen molar-refractivity contribution in [2.45, 2.75) is 20.3 Å². The summed E-state index contributed by atoms with van der Waals surface area (Å²) in [6.45, 7) is 3.77. The zero-order valence-corrected chi connectivity index (χ0v) is 11.1. The highest BCUT2D eigenvalue weighted by Gasteiger charge is 2.19. The van der Waals surface area contributed by atoms with Crippen LogP contribution in [-0.4, -0.2) is 23.2 Å². The van der Waals surface area contributed by atoms with Crippen molar-refractivity contribution in [2.24, 2.45) is 0 Å². The van der Waals surface area contributed by atoms with Crippen molar-refractivity contribution in [3.63, 3.8) is 0 Å². The van der Waals surface area contributed by atoms with Gasteiger partial charge in [-0.3, -0.25) is 0 Å². The Balaban J connectivity index is 2.50. The molecular formula is C14H15NO4. The lowest BCUT2D eigenvalue weighted by atomic mass is 10.1. The number of aromatic carboxylic acids is 1. The van der Waals surface area contributed by atoms with Gasteiger partial charge in [-0.25, -0.2) is 9.78 Å². The fourth-order valence-electron chi connectivity index (χ4n) is 1.83. The third-order valence-corrected chi connectivity index (χ3v) is 2.88. The second kappa shape index (κ2) is 5.14. The van der Waals surface area contributed by atoms with E-state index in [0.717, 1.165) is 5.56 Å². The van der Waals surface area contributed by atoms with Gasteiger partial charge in [0, 0.05) is 5.56 Å². The first-order valence-electron chi connectivity index (χ1n) is 5.94. The van der Waals surface area contributed by atoms with E-state index in [1.54, 1.807) is 13.2 Å². The zero-order chi connectivity index (χ0) is 14.0. The highest BCUT2D eigenvalue weighted by Crippen LogP contribution is 2.28. The molecule has 2 rings (SSSR count). The highest BCUT2D eigenvalue weighted by atomic mass is 16.5. The van der Waals surface area contributed by atoms with Gasteiger partial charge in [0.15, 0.2) is 0 Å². The number of aryl methyl sites for hydroxylation is 2. The number of rotatable bonds is 4. The first kappa shape index (κ1) is 13.1. The van der Waals surface area contributed by atoms with Crippen LogP contribution in [0.4, 0.5) is 0 Å². The van der Waals surface area contributed by atoms with Crippen LogP contribution in [0.25, 0.3) is 11.5 Å². The maximum atomic E-state index is 11.0. The molecule has 1 aromatic carbocycles. The van der Waals surface area contributed by atoms with E-state index in [9.17, 15) is 4.79 Å². The van der Waals surface area contributed by atoms with Crippen molar-refractivity contribution < 1.29 is 19.1 Å². The minimum Gasteiger partial charge on any atom is -0.496 e. The lowest BCUT2D eigenvalue weighted by Crippen LogP contribution is -1.98. The van der Waals surface area contributed by atoms with E-state index in [0.29, 0.717) is 29.3 Å². The van der Waals surface area contributed by atoms with E-state index in [-0.39, 0.29) is 5.76 Å². The number of aromatic nitrogens is 1. The third-order valence-electron chi connectivity index (χ3n) is 2.88. The SMILES string of the molecule is CCc1nc(-c2ccc(C)c(OC)c2)oc1C(=O)O. The lowest BCUT2D eigenvalue weighted by molar-refractivity contribution is 0.0662. The van der Waals surface area contributed by atoms with Gasteiger partial charge in [-0.2, -0.15) is 0 Å². The Morgan fingerprint density at radius 3 is 2.74 bits per heavy atom. The third kappa shape index (κ3) is 2.45. The van der Waals surface area contributed by atoms with Crippen molar-refractivity contribution in [3.05, 3.63) is 35.2 Å². The minimum atomic E-state index is -1.10. The topological polar surface area (TPSA) is 72.6 Å². The molecule has 0 amide bonds. The summed E-state index contributed by atoms with van der Waals surface area (Å²) in [4.78, 5) is 15.3. The smallest absolute Gasteiger partial charge is 0.373 e. The molecule has 0 saturated heterocycles. The largest absolute Gasteiger partial charge is 0.496 e. The second-order valence-corrected chi connectivity index (χ2v) is 4.14. The van der Waals surface area contributed by atoms with Crippen molar-refractivity contribution >= 4 is 5.97 Å². The summed E-state index contributed by atoms with van der Waals surface area (Å²) in [5.41, 5.74) is 2.14. The van der Waals surface area contributed by atoms with Crippen LogP contribution in [0.15, 0.2) is 22.6 Å². The number of hydrogen-bond donors (Lipinski definition) is 1. The zero-order valence-electron chi connectivity index (χ0n) is 11.1. The summed E-state index contributed by atoms with van der Waals surface area (Å²) in [5, 5.41) is 9.04. The Kier molecular flexibility index (Phi) is 3.55. The van der Waals surface area contributed by atoms with Crippen LogP contribution in [0.2, 0.25) is 0 Å². The van der Waals surface area contributed by atoms with Gasteiger partial charge >= 0.3 is 5.97 Å². The molecule has 1 heterocycles. The predicted octanol–water partition coefficient (Wildman–Crippen LogP) is 2.92. The molecule has 1 aromatic heterocycles. The van der Waals surface area contributed by atoms with Crippen LogP contribution in [0, 0.1) is 6.92 Å². The minimum absolute atomic E-state index is 0.1000. The van der Waals surface area contributed by atoms with Gasteiger partial charge in [0.1, 0.15) is 5.75 Å². The van der Waals surface area contributed by atoms with E-state index in [2.05, 4.69) is 4.98 Å². The molecule has 0 aliphatic heterocycles. The van der Waals surface area contributed by atoms with Crippen LogP contribution in [-0.2, 0) is 6.42 Å². The van der Waals surface area contributed by atoms with Crippen molar-refractivity contribution in [2.75, 3.05) is 7.11 Å². The van der Waals surface area contributed by atoms with Crippen LogP contribution in [0.3, 0.4) is 0 Å². The molecule has 0 saturated carbocycles. The normalized spacial score (nSPS) is 10.5. The second-order valence-electron chi connectivity index (χ2n) is 4.14. The molecule has 19 heavy (non-hydrogen) atoms. The maximum Gasteiger partial charge on any atom is 0.373 e. The maximum absolute atomic E-state index is 11.0. The Morgan fingerprint density at radius 1 is 1.47 bits per heavy atom. The summed E-state index contributed by atoms with van der Waals surface area (Å²) in [7, 11) is 1.59. The van der Waals surface area contributed by atoms with Crippen molar-refractivity contribution in [3.8, 4) is 17.2 Å². The molecule has 100 valence electrons. The average molecular weight is 261 g/mol. The number of carboxylic acids is 1. The van der Waals surface area contributed by atoms with Gasteiger partial charge in [0.25, 0.3) is 0 Å². The quantitative estimate of drug-likeness (QED) is 0.916. The van der Waals surface area contributed by atoms with Gasteiger partial charge < -0.3 is 14.3 Å². The summed E-state index contributed by atoms with van der Waals surface area (Å²) >= 11 is 0. The Labute approximate surface area is 110 Å². The van der Waals surface area contributed by atoms with Gasteiger partial charge in [-0.1, -0.05) is 13.0 Å². The van der Waals surface area contributed by atoms with Crippen molar-refractivity contribution in [1.29, 1.82) is 0 Å². The van der Waals surface area contributed by atoms with E-state index in [1.165, 1.54) is 0 Å². The standard InChI is InChI=1S/C14H15NO4/c1-4-10-12(14(16)17)19-13(15-10)9-6-5-8(2)11(7-9)18-3/h5-7H,4H2,1-3H3,(H,16,17). The van der Waals surface area contributed by atoms with Gasteiger partial charge in [0.2, 0.25) is 11.7 Å². The molecule has 5 heteroatoms. The average Bonchev–Trinajstić information content (AvgIpc) is 2.83. The molecule has 0 atom stereocenters. The molecule has 0 radical (unpaired) electrons. The van der Waals surface area contributed by atoms with Crippen LogP contribution in [0.1, 0.15) is 28.7 Å². The van der Waals surface area contributed by atoms with Gasteiger partial charge in [-0.05, 0) is 31.0 Å². The van der Waals surface area contributed by atoms with E-state index in [1.807, 2.05) is 26.0 Å². The molecular weight excluding hydrogens is 246 g/mol. The molecule has 0 unspecified atom stereocenters. The van der Waals surface area contributed by atoms with Crippen LogP contribution < -0.4 is 4.74 Å². The molecule has 0 aliphatic carbocycles.